The Balaban J connectivity index is 1.75. The highest BCUT2D eigenvalue weighted by Crippen LogP contribution is 2.18. The van der Waals surface area contributed by atoms with Crippen LogP contribution in [0, 0.1) is 5.92 Å². The molecule has 0 aliphatic carbocycles. The summed E-state index contributed by atoms with van der Waals surface area (Å²) in [6.45, 7) is 3.00. The largest absolute Gasteiger partial charge is 0.381 e. The third kappa shape index (κ3) is 1.95. The highest BCUT2D eigenvalue weighted by molar-refractivity contribution is 6.37. The van der Waals surface area contributed by atoms with E-state index < -0.39 is 0 Å². The number of nitrogens with zero attached hydrogens (tertiary/aromatic N) is 1. The lowest BCUT2D eigenvalue weighted by Gasteiger charge is -2.16. The Hall–Kier alpha value is -0.900. The quantitative estimate of drug-likeness (QED) is 0.608. The lowest BCUT2D eigenvalue weighted by molar-refractivity contribution is -0.140. The number of carbonyl (C=O) groups is 2. The van der Waals surface area contributed by atoms with Gasteiger partial charge in [0.15, 0.2) is 0 Å². The van der Waals surface area contributed by atoms with Gasteiger partial charge in [0.2, 0.25) is 5.78 Å². The van der Waals surface area contributed by atoms with Crippen LogP contribution in [0.1, 0.15) is 19.3 Å². The summed E-state index contributed by atoms with van der Waals surface area (Å²) >= 11 is 0. The summed E-state index contributed by atoms with van der Waals surface area (Å²) in [7, 11) is 0. The van der Waals surface area contributed by atoms with Crippen molar-refractivity contribution in [1.29, 1.82) is 0 Å². The topological polar surface area (TPSA) is 46.6 Å². The van der Waals surface area contributed by atoms with E-state index >= 15 is 0 Å². The van der Waals surface area contributed by atoms with Crippen LogP contribution in [-0.4, -0.2) is 42.9 Å². The molecule has 78 valence electrons. The van der Waals surface area contributed by atoms with Crippen molar-refractivity contribution in [2.75, 3.05) is 26.3 Å². The van der Waals surface area contributed by atoms with Gasteiger partial charge in [0, 0.05) is 32.7 Å². The molecule has 2 aliphatic heterocycles. The van der Waals surface area contributed by atoms with Gasteiger partial charge in [0.1, 0.15) is 0 Å². The van der Waals surface area contributed by atoms with Crippen LogP contribution in [0.15, 0.2) is 0 Å². The zero-order valence-corrected chi connectivity index (χ0v) is 8.20. The van der Waals surface area contributed by atoms with Crippen molar-refractivity contribution in [3.8, 4) is 0 Å². The Morgan fingerprint density at radius 3 is 2.86 bits per heavy atom. The third-order valence-corrected chi connectivity index (χ3v) is 2.97. The number of ketones is 1. The van der Waals surface area contributed by atoms with Crippen LogP contribution < -0.4 is 0 Å². The van der Waals surface area contributed by atoms with Crippen LogP contribution in [0.3, 0.4) is 0 Å². The summed E-state index contributed by atoms with van der Waals surface area (Å²) in [6, 6.07) is 0. The van der Waals surface area contributed by atoms with Gasteiger partial charge in [-0.15, -0.1) is 0 Å². The first-order valence-electron chi connectivity index (χ1n) is 5.17. The highest BCUT2D eigenvalue weighted by atomic mass is 16.5. The molecular formula is C10H15NO3. The van der Waals surface area contributed by atoms with Crippen molar-refractivity contribution in [3.63, 3.8) is 0 Å². The van der Waals surface area contributed by atoms with Gasteiger partial charge < -0.3 is 9.64 Å². The number of likely N-dealkylation sites (tertiary alicyclic amines) is 1. The van der Waals surface area contributed by atoms with Crippen LogP contribution in [0.5, 0.6) is 0 Å². The van der Waals surface area contributed by atoms with Crippen LogP contribution in [-0.2, 0) is 14.3 Å². The van der Waals surface area contributed by atoms with E-state index in [1.165, 1.54) is 0 Å². The number of ether oxygens (including phenoxy) is 1. The second kappa shape index (κ2) is 4.09. The number of rotatable bonds is 3. The Morgan fingerprint density at radius 2 is 2.29 bits per heavy atom. The highest BCUT2D eigenvalue weighted by Gasteiger charge is 2.29. The molecule has 0 radical (unpaired) electrons. The van der Waals surface area contributed by atoms with Crippen molar-refractivity contribution < 1.29 is 14.3 Å². The van der Waals surface area contributed by atoms with Gasteiger partial charge in [0.25, 0.3) is 5.91 Å². The summed E-state index contributed by atoms with van der Waals surface area (Å²) < 4.78 is 5.25. The molecule has 2 aliphatic rings. The molecule has 0 N–H and O–H groups in total. The Labute approximate surface area is 83.2 Å². The minimum absolute atomic E-state index is 0.229. The number of carbonyl (C=O) groups excluding carboxylic acids is 2. The van der Waals surface area contributed by atoms with E-state index in [-0.39, 0.29) is 11.7 Å². The summed E-state index contributed by atoms with van der Waals surface area (Å²) in [4.78, 5) is 23.9. The fourth-order valence-corrected chi connectivity index (χ4v) is 1.98. The summed E-state index contributed by atoms with van der Waals surface area (Å²) in [6.07, 6.45) is 2.47. The molecule has 0 aromatic carbocycles. The molecule has 2 saturated heterocycles. The van der Waals surface area contributed by atoms with Gasteiger partial charge in [-0.05, 0) is 18.8 Å². The number of amides is 1. The maximum atomic E-state index is 11.3. The maximum absolute atomic E-state index is 11.3. The molecule has 1 atom stereocenters. The fourth-order valence-electron chi connectivity index (χ4n) is 1.98. The van der Waals surface area contributed by atoms with Gasteiger partial charge in [-0.25, -0.2) is 0 Å². The van der Waals surface area contributed by atoms with Crippen LogP contribution >= 0.6 is 0 Å². The van der Waals surface area contributed by atoms with Gasteiger partial charge >= 0.3 is 0 Å². The van der Waals surface area contributed by atoms with E-state index in [9.17, 15) is 9.59 Å². The normalized spacial score (nSPS) is 27.7. The first kappa shape index (κ1) is 9.65. The van der Waals surface area contributed by atoms with E-state index in [2.05, 4.69) is 0 Å². The summed E-state index contributed by atoms with van der Waals surface area (Å²) in [5.41, 5.74) is 0. The fraction of sp³-hybridized carbons (Fsp3) is 0.800. The van der Waals surface area contributed by atoms with Crippen LogP contribution in [0.4, 0.5) is 0 Å². The maximum Gasteiger partial charge on any atom is 0.290 e. The summed E-state index contributed by atoms with van der Waals surface area (Å²) in [5.74, 6) is 0.0649. The molecule has 1 amide bonds. The number of Topliss-reactive ketones (excluding diaryl/α,β-unsaturated/α-hetero) is 1. The molecular weight excluding hydrogens is 182 g/mol. The first-order chi connectivity index (χ1) is 6.77. The lowest BCUT2D eigenvalue weighted by atomic mass is 10.1. The number of hydrogen-bond donors (Lipinski definition) is 0. The van der Waals surface area contributed by atoms with E-state index in [1.807, 2.05) is 0 Å². The molecule has 0 aromatic heterocycles. The summed E-state index contributed by atoms with van der Waals surface area (Å²) in [5, 5.41) is 0. The van der Waals surface area contributed by atoms with E-state index in [4.69, 9.17) is 4.74 Å². The van der Waals surface area contributed by atoms with Crippen molar-refractivity contribution >= 4 is 11.7 Å². The molecule has 1 unspecified atom stereocenters. The van der Waals surface area contributed by atoms with E-state index in [0.717, 1.165) is 32.6 Å². The lowest BCUT2D eigenvalue weighted by Crippen LogP contribution is -2.29. The van der Waals surface area contributed by atoms with Gasteiger partial charge in [0.05, 0.1) is 0 Å². The molecule has 2 rings (SSSR count). The molecule has 0 spiro atoms. The van der Waals surface area contributed by atoms with Crippen molar-refractivity contribution in [2.45, 2.75) is 19.3 Å². The molecule has 0 bridgehead atoms. The molecule has 14 heavy (non-hydrogen) atoms. The van der Waals surface area contributed by atoms with Crippen LogP contribution in [0.2, 0.25) is 0 Å². The molecule has 0 aromatic rings. The second-order valence-corrected chi connectivity index (χ2v) is 3.98. The van der Waals surface area contributed by atoms with Gasteiger partial charge in [-0.1, -0.05) is 0 Å². The standard InChI is InChI=1S/C10H15NO3/c12-9-2-5-11(10(9)13)4-1-8-3-6-14-7-8/h8H,1-7H2. The zero-order valence-electron chi connectivity index (χ0n) is 8.20. The predicted molar refractivity (Wildman–Crippen MR) is 49.7 cm³/mol. The smallest absolute Gasteiger partial charge is 0.290 e. The Kier molecular flexibility index (Phi) is 2.82. The first-order valence-corrected chi connectivity index (χ1v) is 5.17. The van der Waals surface area contributed by atoms with Crippen molar-refractivity contribution in [3.05, 3.63) is 0 Å². The molecule has 4 nitrogen and oxygen atoms in total. The minimum Gasteiger partial charge on any atom is -0.381 e. The van der Waals surface area contributed by atoms with Gasteiger partial charge in [-0.2, -0.15) is 0 Å². The number of hydrogen-bond acceptors (Lipinski definition) is 3. The Bertz CT molecular complexity index is 246. The third-order valence-electron chi connectivity index (χ3n) is 2.97. The average Bonchev–Trinajstić information content (AvgIpc) is 2.77. The average molecular weight is 197 g/mol. The second-order valence-electron chi connectivity index (χ2n) is 3.98. The molecule has 0 saturated carbocycles. The molecule has 4 heteroatoms. The van der Waals surface area contributed by atoms with Crippen molar-refractivity contribution in [1.82, 2.24) is 4.90 Å². The van der Waals surface area contributed by atoms with Gasteiger partial charge in [-0.3, -0.25) is 9.59 Å². The van der Waals surface area contributed by atoms with E-state index in [0.29, 0.717) is 18.9 Å². The molecule has 2 fully saturated rings. The predicted octanol–water partition coefficient (Wildman–Crippen LogP) is 0.214. The van der Waals surface area contributed by atoms with Crippen LogP contribution in [0.25, 0.3) is 0 Å². The molecule has 2 heterocycles. The Morgan fingerprint density at radius 1 is 1.43 bits per heavy atom. The van der Waals surface area contributed by atoms with Crippen molar-refractivity contribution in [2.24, 2.45) is 5.92 Å². The SMILES string of the molecule is O=C1CCN(CCC2CCOC2)C1=O. The minimum atomic E-state index is -0.288. The zero-order chi connectivity index (χ0) is 9.97. The monoisotopic (exact) mass is 197 g/mol. The van der Waals surface area contributed by atoms with E-state index in [1.54, 1.807) is 4.90 Å².